The predicted octanol–water partition coefficient (Wildman–Crippen LogP) is -0.535. The summed E-state index contributed by atoms with van der Waals surface area (Å²) in [6.45, 7) is 0.628. The van der Waals surface area contributed by atoms with Crippen LogP contribution in [0.15, 0.2) is 6.07 Å². The molecule has 12 heavy (non-hydrogen) atoms. The second-order valence-corrected chi connectivity index (χ2v) is 2.97. The van der Waals surface area contributed by atoms with Crippen LogP contribution in [0.5, 0.6) is 0 Å². The summed E-state index contributed by atoms with van der Waals surface area (Å²) in [5.74, 6) is -0.981. The summed E-state index contributed by atoms with van der Waals surface area (Å²) < 4.78 is 1.66. The molecule has 1 unspecified atom stereocenters. The third kappa shape index (κ3) is 0.984. The van der Waals surface area contributed by atoms with Gasteiger partial charge in [0.05, 0.1) is 6.54 Å². The highest BCUT2D eigenvalue weighted by Crippen LogP contribution is 2.14. The van der Waals surface area contributed by atoms with Gasteiger partial charge in [0, 0.05) is 18.2 Å². The molecule has 1 aliphatic heterocycles. The molecule has 3 N–H and O–H groups in total. The van der Waals surface area contributed by atoms with Gasteiger partial charge in [0.25, 0.3) is 0 Å². The molecule has 0 aromatic carbocycles. The van der Waals surface area contributed by atoms with Crippen molar-refractivity contribution in [1.82, 2.24) is 9.78 Å². The molecule has 0 bridgehead atoms. The SMILES string of the molecule is NC1Cc2cc(C(=O)O)nn2C1. The van der Waals surface area contributed by atoms with Gasteiger partial charge in [-0.05, 0) is 6.07 Å². The molecule has 2 heterocycles. The number of carbonyl (C=O) groups is 1. The Balaban J connectivity index is 2.34. The molecule has 1 aromatic heterocycles. The molecule has 5 nitrogen and oxygen atoms in total. The van der Waals surface area contributed by atoms with E-state index in [9.17, 15) is 4.79 Å². The average Bonchev–Trinajstić information content (AvgIpc) is 2.42. The smallest absolute Gasteiger partial charge is 0.356 e. The lowest BCUT2D eigenvalue weighted by atomic mass is 10.2. The summed E-state index contributed by atoms with van der Waals surface area (Å²) in [7, 11) is 0. The van der Waals surface area contributed by atoms with Crippen molar-refractivity contribution in [3.63, 3.8) is 0 Å². The van der Waals surface area contributed by atoms with Crippen LogP contribution in [0.1, 0.15) is 16.2 Å². The van der Waals surface area contributed by atoms with Gasteiger partial charge in [-0.1, -0.05) is 0 Å². The van der Waals surface area contributed by atoms with E-state index in [4.69, 9.17) is 10.8 Å². The number of aromatic carboxylic acids is 1. The minimum atomic E-state index is -0.981. The monoisotopic (exact) mass is 167 g/mol. The van der Waals surface area contributed by atoms with E-state index in [1.807, 2.05) is 0 Å². The number of aromatic nitrogens is 2. The molecule has 0 spiro atoms. The topological polar surface area (TPSA) is 81.1 Å². The molecule has 1 aromatic rings. The molecule has 0 saturated carbocycles. The van der Waals surface area contributed by atoms with Gasteiger partial charge in [-0.2, -0.15) is 5.10 Å². The summed E-state index contributed by atoms with van der Waals surface area (Å²) in [4.78, 5) is 10.5. The molecule has 0 saturated heterocycles. The van der Waals surface area contributed by atoms with Gasteiger partial charge in [0.1, 0.15) is 0 Å². The number of hydrogen-bond donors (Lipinski definition) is 2. The van der Waals surface area contributed by atoms with Crippen molar-refractivity contribution in [2.75, 3.05) is 0 Å². The number of nitrogens with zero attached hydrogens (tertiary/aromatic N) is 2. The first-order valence-corrected chi connectivity index (χ1v) is 3.72. The minimum Gasteiger partial charge on any atom is -0.476 e. The molecule has 1 aliphatic rings. The number of carboxylic acids is 1. The maximum absolute atomic E-state index is 10.5. The van der Waals surface area contributed by atoms with E-state index in [0.717, 1.165) is 12.1 Å². The van der Waals surface area contributed by atoms with E-state index >= 15 is 0 Å². The molecule has 0 fully saturated rings. The highest BCUT2D eigenvalue weighted by molar-refractivity contribution is 5.85. The quantitative estimate of drug-likeness (QED) is 0.588. The van der Waals surface area contributed by atoms with E-state index in [0.29, 0.717) is 6.54 Å². The van der Waals surface area contributed by atoms with Gasteiger partial charge in [-0.25, -0.2) is 4.79 Å². The number of carboxylic acid groups (broad SMARTS) is 1. The highest BCUT2D eigenvalue weighted by atomic mass is 16.4. The van der Waals surface area contributed by atoms with Crippen LogP contribution < -0.4 is 5.73 Å². The third-order valence-corrected chi connectivity index (χ3v) is 1.96. The van der Waals surface area contributed by atoms with Crippen molar-refractivity contribution in [3.05, 3.63) is 17.5 Å². The first kappa shape index (κ1) is 7.30. The molecule has 0 radical (unpaired) electrons. The standard InChI is InChI=1S/C7H9N3O2/c8-4-1-5-2-6(7(11)12)9-10(5)3-4/h2,4H,1,3,8H2,(H,11,12). The van der Waals surface area contributed by atoms with Crippen molar-refractivity contribution < 1.29 is 9.90 Å². The maximum Gasteiger partial charge on any atom is 0.356 e. The molecule has 1 atom stereocenters. The van der Waals surface area contributed by atoms with E-state index in [1.54, 1.807) is 10.7 Å². The van der Waals surface area contributed by atoms with Crippen molar-refractivity contribution in [3.8, 4) is 0 Å². The summed E-state index contributed by atoms with van der Waals surface area (Å²) >= 11 is 0. The second kappa shape index (κ2) is 2.31. The summed E-state index contributed by atoms with van der Waals surface area (Å²) in [6, 6.07) is 1.67. The van der Waals surface area contributed by atoms with Crippen molar-refractivity contribution >= 4 is 5.97 Å². The fourth-order valence-electron chi connectivity index (χ4n) is 1.44. The maximum atomic E-state index is 10.5. The third-order valence-electron chi connectivity index (χ3n) is 1.96. The summed E-state index contributed by atoms with van der Waals surface area (Å²) in [5, 5.41) is 12.5. The van der Waals surface area contributed by atoms with E-state index < -0.39 is 5.97 Å². The summed E-state index contributed by atoms with van der Waals surface area (Å²) in [5.41, 5.74) is 6.67. The predicted molar refractivity (Wildman–Crippen MR) is 40.9 cm³/mol. The molecule has 2 rings (SSSR count). The lowest BCUT2D eigenvalue weighted by molar-refractivity contribution is 0.0689. The number of fused-ring (bicyclic) bond motifs is 1. The molecule has 0 amide bonds. The van der Waals surface area contributed by atoms with Gasteiger partial charge in [0.15, 0.2) is 5.69 Å². The molecule has 5 heteroatoms. The van der Waals surface area contributed by atoms with Gasteiger partial charge < -0.3 is 10.8 Å². The van der Waals surface area contributed by atoms with Gasteiger partial charge >= 0.3 is 5.97 Å². The van der Waals surface area contributed by atoms with E-state index in [-0.39, 0.29) is 11.7 Å². The van der Waals surface area contributed by atoms with Crippen LogP contribution in [0.2, 0.25) is 0 Å². The molecule has 0 aliphatic carbocycles. The fraction of sp³-hybridized carbons (Fsp3) is 0.429. The van der Waals surface area contributed by atoms with Crippen molar-refractivity contribution in [2.45, 2.75) is 19.0 Å². The van der Waals surface area contributed by atoms with Gasteiger partial charge in [0.2, 0.25) is 0 Å². The Bertz CT molecular complexity index is 308. The van der Waals surface area contributed by atoms with Crippen LogP contribution >= 0.6 is 0 Å². The lowest BCUT2D eigenvalue weighted by Crippen LogP contribution is -2.21. The van der Waals surface area contributed by atoms with Gasteiger partial charge in [-0.15, -0.1) is 0 Å². The first-order chi connectivity index (χ1) is 5.66. The van der Waals surface area contributed by atoms with Crippen LogP contribution in [0, 0.1) is 0 Å². The molecule has 64 valence electrons. The van der Waals surface area contributed by atoms with E-state index in [1.165, 1.54) is 0 Å². The van der Waals surface area contributed by atoms with Crippen LogP contribution in [0.4, 0.5) is 0 Å². The Hall–Kier alpha value is -1.36. The van der Waals surface area contributed by atoms with Gasteiger partial charge in [-0.3, -0.25) is 4.68 Å². The Kier molecular flexibility index (Phi) is 1.41. The largest absolute Gasteiger partial charge is 0.476 e. The van der Waals surface area contributed by atoms with Crippen molar-refractivity contribution in [1.29, 1.82) is 0 Å². The zero-order valence-corrected chi connectivity index (χ0v) is 6.40. The molecular weight excluding hydrogens is 158 g/mol. The van der Waals surface area contributed by atoms with Crippen LogP contribution in [0.25, 0.3) is 0 Å². The molecular formula is C7H9N3O2. The summed E-state index contributed by atoms with van der Waals surface area (Å²) in [6.07, 6.45) is 0.722. The Morgan fingerprint density at radius 2 is 2.58 bits per heavy atom. The minimum absolute atomic E-state index is 0.0929. The number of rotatable bonds is 1. The highest BCUT2D eigenvalue weighted by Gasteiger charge is 2.21. The fourth-order valence-corrected chi connectivity index (χ4v) is 1.44. The van der Waals surface area contributed by atoms with Crippen LogP contribution in [-0.2, 0) is 13.0 Å². The Labute approximate surface area is 68.8 Å². The van der Waals surface area contributed by atoms with Crippen molar-refractivity contribution in [2.24, 2.45) is 5.73 Å². The number of nitrogens with two attached hydrogens (primary N) is 1. The zero-order chi connectivity index (χ0) is 8.72. The lowest BCUT2D eigenvalue weighted by Gasteiger charge is -1.97. The van der Waals surface area contributed by atoms with E-state index in [2.05, 4.69) is 5.10 Å². The second-order valence-electron chi connectivity index (χ2n) is 2.97. The Morgan fingerprint density at radius 3 is 3.17 bits per heavy atom. The number of hydrogen-bond acceptors (Lipinski definition) is 3. The van der Waals surface area contributed by atoms with Crippen LogP contribution in [-0.4, -0.2) is 26.9 Å². The zero-order valence-electron chi connectivity index (χ0n) is 6.40. The normalized spacial score (nSPS) is 20.9. The first-order valence-electron chi connectivity index (χ1n) is 3.72. The average molecular weight is 167 g/mol. The van der Waals surface area contributed by atoms with Crippen LogP contribution in [0.3, 0.4) is 0 Å². The Morgan fingerprint density at radius 1 is 1.83 bits per heavy atom.